The van der Waals surface area contributed by atoms with Crippen LogP contribution in [0.4, 0.5) is 10.1 Å². The number of para-hydroxylation sites is 1. The molecule has 1 amide bonds. The Hall–Kier alpha value is -2.36. The smallest absolute Gasteiger partial charge is 0.244 e. The third-order valence-corrected chi connectivity index (χ3v) is 3.19. The molecule has 2 aromatic carbocycles. The Balaban J connectivity index is 2.40. The molecule has 0 aliphatic rings. The van der Waals surface area contributed by atoms with Gasteiger partial charge in [0.15, 0.2) is 0 Å². The SMILES string of the molecule is Cc1ccc(F)c(C(Nc2ccccc2C)C(N)=O)c1. The van der Waals surface area contributed by atoms with Gasteiger partial charge in [-0.05, 0) is 31.5 Å². The lowest BCUT2D eigenvalue weighted by Crippen LogP contribution is -2.28. The van der Waals surface area contributed by atoms with Gasteiger partial charge in [0.25, 0.3) is 0 Å². The van der Waals surface area contributed by atoms with Crippen molar-refractivity contribution in [2.24, 2.45) is 5.73 Å². The summed E-state index contributed by atoms with van der Waals surface area (Å²) in [5.74, 6) is -1.06. The molecular weight excluding hydrogens is 255 g/mol. The van der Waals surface area contributed by atoms with Crippen LogP contribution < -0.4 is 11.1 Å². The Bertz CT molecular complexity index is 640. The molecule has 1 unspecified atom stereocenters. The fraction of sp³-hybridized carbons (Fsp3) is 0.188. The molecule has 4 heteroatoms. The van der Waals surface area contributed by atoms with Crippen LogP contribution in [0, 0.1) is 19.7 Å². The van der Waals surface area contributed by atoms with Gasteiger partial charge in [0.1, 0.15) is 11.9 Å². The van der Waals surface area contributed by atoms with Gasteiger partial charge in [-0.3, -0.25) is 4.79 Å². The first-order valence-corrected chi connectivity index (χ1v) is 6.36. The van der Waals surface area contributed by atoms with E-state index in [1.165, 1.54) is 6.07 Å². The van der Waals surface area contributed by atoms with Gasteiger partial charge in [-0.25, -0.2) is 4.39 Å². The molecule has 0 aromatic heterocycles. The third-order valence-electron chi connectivity index (χ3n) is 3.19. The second kappa shape index (κ2) is 5.74. The van der Waals surface area contributed by atoms with Crippen molar-refractivity contribution in [3.05, 3.63) is 65.0 Å². The summed E-state index contributed by atoms with van der Waals surface area (Å²) in [7, 11) is 0. The summed E-state index contributed by atoms with van der Waals surface area (Å²) in [5.41, 5.74) is 8.28. The molecule has 0 radical (unpaired) electrons. The number of hydrogen-bond acceptors (Lipinski definition) is 2. The zero-order chi connectivity index (χ0) is 14.7. The van der Waals surface area contributed by atoms with E-state index in [2.05, 4.69) is 5.32 Å². The molecule has 0 spiro atoms. The minimum Gasteiger partial charge on any atom is -0.370 e. The van der Waals surface area contributed by atoms with E-state index in [1.807, 2.05) is 38.1 Å². The number of benzene rings is 2. The van der Waals surface area contributed by atoms with E-state index < -0.39 is 17.8 Å². The monoisotopic (exact) mass is 272 g/mol. The van der Waals surface area contributed by atoms with Gasteiger partial charge in [0, 0.05) is 11.3 Å². The zero-order valence-electron chi connectivity index (χ0n) is 11.5. The van der Waals surface area contributed by atoms with E-state index in [0.29, 0.717) is 0 Å². The zero-order valence-corrected chi connectivity index (χ0v) is 11.5. The Morgan fingerprint density at radius 3 is 2.55 bits per heavy atom. The molecule has 2 aromatic rings. The van der Waals surface area contributed by atoms with Crippen LogP contribution in [-0.2, 0) is 4.79 Å². The first kappa shape index (κ1) is 14.1. The molecule has 3 N–H and O–H groups in total. The van der Waals surface area contributed by atoms with Crippen molar-refractivity contribution in [3.8, 4) is 0 Å². The number of nitrogens with two attached hydrogens (primary N) is 1. The van der Waals surface area contributed by atoms with Crippen molar-refractivity contribution in [2.45, 2.75) is 19.9 Å². The van der Waals surface area contributed by atoms with Gasteiger partial charge < -0.3 is 11.1 Å². The maximum Gasteiger partial charge on any atom is 0.244 e. The average molecular weight is 272 g/mol. The van der Waals surface area contributed by atoms with E-state index in [1.54, 1.807) is 12.1 Å². The number of nitrogens with one attached hydrogen (secondary N) is 1. The number of hydrogen-bond donors (Lipinski definition) is 2. The molecule has 0 fully saturated rings. The van der Waals surface area contributed by atoms with Crippen molar-refractivity contribution >= 4 is 11.6 Å². The first-order chi connectivity index (χ1) is 9.49. The van der Waals surface area contributed by atoms with Gasteiger partial charge in [-0.15, -0.1) is 0 Å². The molecule has 0 aliphatic heterocycles. The number of aryl methyl sites for hydroxylation is 2. The van der Waals surface area contributed by atoms with Crippen molar-refractivity contribution in [2.75, 3.05) is 5.32 Å². The average Bonchev–Trinajstić information content (AvgIpc) is 2.40. The largest absolute Gasteiger partial charge is 0.370 e. The van der Waals surface area contributed by atoms with Crippen molar-refractivity contribution in [1.82, 2.24) is 0 Å². The summed E-state index contributed by atoms with van der Waals surface area (Å²) in [4.78, 5) is 11.7. The van der Waals surface area contributed by atoms with Crippen LogP contribution in [0.25, 0.3) is 0 Å². The Morgan fingerprint density at radius 1 is 1.20 bits per heavy atom. The van der Waals surface area contributed by atoms with Crippen LogP contribution in [0.2, 0.25) is 0 Å². The Kier molecular flexibility index (Phi) is 4.03. The molecule has 3 nitrogen and oxygen atoms in total. The van der Waals surface area contributed by atoms with E-state index >= 15 is 0 Å². The van der Waals surface area contributed by atoms with Crippen molar-refractivity contribution in [3.63, 3.8) is 0 Å². The second-order valence-electron chi connectivity index (χ2n) is 4.82. The highest BCUT2D eigenvalue weighted by atomic mass is 19.1. The van der Waals surface area contributed by atoms with Crippen LogP contribution in [0.5, 0.6) is 0 Å². The highest BCUT2D eigenvalue weighted by molar-refractivity contribution is 5.84. The predicted octanol–water partition coefficient (Wildman–Crippen LogP) is 3.08. The highest BCUT2D eigenvalue weighted by Crippen LogP contribution is 2.24. The number of rotatable bonds is 4. The summed E-state index contributed by atoms with van der Waals surface area (Å²) < 4.78 is 13.9. The lowest BCUT2D eigenvalue weighted by molar-refractivity contribution is -0.118. The topological polar surface area (TPSA) is 55.1 Å². The maximum absolute atomic E-state index is 13.9. The van der Waals surface area contributed by atoms with Crippen LogP contribution in [0.15, 0.2) is 42.5 Å². The fourth-order valence-electron chi connectivity index (χ4n) is 2.08. The van der Waals surface area contributed by atoms with Crippen LogP contribution in [-0.4, -0.2) is 5.91 Å². The quantitative estimate of drug-likeness (QED) is 0.898. The molecule has 2 rings (SSSR count). The molecule has 0 saturated heterocycles. The summed E-state index contributed by atoms with van der Waals surface area (Å²) in [6.45, 7) is 3.75. The molecule has 0 aliphatic carbocycles. The van der Waals surface area contributed by atoms with Crippen molar-refractivity contribution < 1.29 is 9.18 Å². The second-order valence-corrected chi connectivity index (χ2v) is 4.82. The number of primary amides is 1. The van der Waals surface area contributed by atoms with Crippen LogP contribution in [0.1, 0.15) is 22.7 Å². The number of carbonyl (C=O) groups is 1. The fourth-order valence-corrected chi connectivity index (χ4v) is 2.08. The van der Waals surface area contributed by atoms with Gasteiger partial charge in [0.05, 0.1) is 0 Å². The number of carbonyl (C=O) groups excluding carboxylic acids is 1. The van der Waals surface area contributed by atoms with Crippen LogP contribution >= 0.6 is 0 Å². The van der Waals surface area contributed by atoms with Gasteiger partial charge in [0.2, 0.25) is 5.91 Å². The Morgan fingerprint density at radius 2 is 1.90 bits per heavy atom. The molecule has 0 heterocycles. The summed E-state index contributed by atoms with van der Waals surface area (Å²) in [5, 5.41) is 3.02. The number of amides is 1. The third kappa shape index (κ3) is 2.96. The predicted molar refractivity (Wildman–Crippen MR) is 77.9 cm³/mol. The molecule has 20 heavy (non-hydrogen) atoms. The van der Waals surface area contributed by atoms with Gasteiger partial charge in [-0.2, -0.15) is 0 Å². The maximum atomic E-state index is 13.9. The molecule has 0 bridgehead atoms. The minimum absolute atomic E-state index is 0.265. The van der Waals surface area contributed by atoms with Gasteiger partial charge >= 0.3 is 0 Å². The van der Waals surface area contributed by atoms with E-state index in [0.717, 1.165) is 16.8 Å². The summed E-state index contributed by atoms with van der Waals surface area (Å²) >= 11 is 0. The number of halogens is 1. The lowest BCUT2D eigenvalue weighted by atomic mass is 10.0. The lowest BCUT2D eigenvalue weighted by Gasteiger charge is -2.19. The molecular formula is C16H17FN2O. The van der Waals surface area contributed by atoms with E-state index in [-0.39, 0.29) is 5.56 Å². The highest BCUT2D eigenvalue weighted by Gasteiger charge is 2.21. The standard InChI is InChI=1S/C16H17FN2O/c1-10-7-8-13(17)12(9-10)15(16(18)20)19-14-6-4-3-5-11(14)2/h3-9,15,19H,1-2H3,(H2,18,20). The Labute approximate surface area is 117 Å². The molecule has 0 saturated carbocycles. The summed E-state index contributed by atoms with van der Waals surface area (Å²) in [6.07, 6.45) is 0. The summed E-state index contributed by atoms with van der Waals surface area (Å²) in [6, 6.07) is 11.2. The van der Waals surface area contributed by atoms with Gasteiger partial charge in [-0.1, -0.05) is 35.9 Å². The van der Waals surface area contributed by atoms with E-state index in [9.17, 15) is 9.18 Å². The number of anilines is 1. The molecule has 1 atom stereocenters. The normalized spacial score (nSPS) is 11.9. The first-order valence-electron chi connectivity index (χ1n) is 6.36. The van der Waals surface area contributed by atoms with Crippen molar-refractivity contribution in [1.29, 1.82) is 0 Å². The minimum atomic E-state index is -0.893. The van der Waals surface area contributed by atoms with E-state index in [4.69, 9.17) is 5.73 Å². The van der Waals surface area contributed by atoms with Crippen LogP contribution in [0.3, 0.4) is 0 Å². The molecule has 104 valence electrons.